The first kappa shape index (κ1) is 13.2. The van der Waals surface area contributed by atoms with Crippen LogP contribution < -0.4 is 5.32 Å². The van der Waals surface area contributed by atoms with Crippen LogP contribution in [0.4, 0.5) is 5.13 Å². The number of carbonyl (C=O) groups excluding carboxylic acids is 2. The first-order valence-electron chi connectivity index (χ1n) is 5.48. The zero-order valence-corrected chi connectivity index (χ0v) is 11.6. The van der Waals surface area contributed by atoms with Crippen molar-refractivity contribution in [2.75, 3.05) is 11.1 Å². The van der Waals surface area contributed by atoms with E-state index in [4.69, 9.17) is 0 Å². The van der Waals surface area contributed by atoms with Gasteiger partial charge in [0.05, 0.1) is 0 Å². The van der Waals surface area contributed by atoms with Crippen LogP contribution in [0.25, 0.3) is 0 Å². The van der Waals surface area contributed by atoms with Crippen molar-refractivity contribution in [3.8, 4) is 0 Å². The number of Topliss-reactive ketones (excluding diaryl/α,β-unsaturated/α-hetero) is 1. The molecule has 1 aliphatic carbocycles. The maximum atomic E-state index is 11.9. The summed E-state index contributed by atoms with van der Waals surface area (Å²) in [4.78, 5) is 23.3. The molecule has 96 valence electrons. The van der Waals surface area contributed by atoms with E-state index in [9.17, 15) is 9.59 Å². The molecular formula is C11H13N3O2S2. The third-order valence-corrected chi connectivity index (χ3v) is 4.78. The molecule has 0 aliphatic heterocycles. The van der Waals surface area contributed by atoms with Crippen LogP contribution in [0.1, 0.15) is 19.8 Å². The minimum Gasteiger partial charge on any atom is -0.300 e. The lowest BCUT2D eigenvalue weighted by Crippen LogP contribution is -2.29. The summed E-state index contributed by atoms with van der Waals surface area (Å²) in [5, 5.41) is 10.9. The second-order valence-corrected chi connectivity index (χ2v) is 6.31. The van der Waals surface area contributed by atoms with E-state index in [1.165, 1.54) is 30.0 Å². The van der Waals surface area contributed by atoms with Crippen molar-refractivity contribution in [2.45, 2.75) is 24.1 Å². The molecule has 1 heterocycles. The number of rotatable bonds is 6. The van der Waals surface area contributed by atoms with Crippen molar-refractivity contribution < 1.29 is 9.59 Å². The summed E-state index contributed by atoms with van der Waals surface area (Å²) >= 11 is 2.81. The number of carbonyl (C=O) groups is 2. The molecule has 1 saturated carbocycles. The summed E-state index contributed by atoms with van der Waals surface area (Å²) in [6.07, 6.45) is 3.04. The minimum absolute atomic E-state index is 0.0780. The Balaban J connectivity index is 1.97. The van der Waals surface area contributed by atoms with Gasteiger partial charge in [-0.2, -0.15) is 0 Å². The zero-order valence-electron chi connectivity index (χ0n) is 9.93. The molecule has 18 heavy (non-hydrogen) atoms. The number of hydrogen-bond donors (Lipinski definition) is 1. The topological polar surface area (TPSA) is 72.0 Å². The normalized spacial score (nSPS) is 16.1. The second-order valence-electron chi connectivity index (χ2n) is 4.07. The highest BCUT2D eigenvalue weighted by molar-refractivity contribution is 8.01. The van der Waals surface area contributed by atoms with Gasteiger partial charge in [-0.15, -0.1) is 16.8 Å². The van der Waals surface area contributed by atoms with E-state index in [0.29, 0.717) is 18.0 Å². The van der Waals surface area contributed by atoms with Gasteiger partial charge >= 0.3 is 0 Å². The number of aromatic nitrogens is 2. The summed E-state index contributed by atoms with van der Waals surface area (Å²) in [5.41, 5.74) is -0.805. The molecule has 5 nitrogen and oxygen atoms in total. The number of hydrogen-bond acceptors (Lipinski definition) is 6. The molecule has 0 aromatic carbocycles. The van der Waals surface area contributed by atoms with Gasteiger partial charge < -0.3 is 0 Å². The third-order valence-electron chi connectivity index (χ3n) is 2.81. The molecule has 1 aliphatic rings. The average Bonchev–Trinajstić information content (AvgIpc) is 3.04. The van der Waals surface area contributed by atoms with Crippen LogP contribution >= 0.6 is 23.1 Å². The van der Waals surface area contributed by atoms with Crippen LogP contribution in [0.5, 0.6) is 0 Å². The number of amides is 1. The predicted molar refractivity (Wildman–Crippen MR) is 71.8 cm³/mol. The molecule has 0 atom stereocenters. The first-order chi connectivity index (χ1) is 8.58. The number of nitrogens with one attached hydrogen (secondary N) is 1. The predicted octanol–water partition coefficient (Wildman–Crippen LogP) is 2.12. The lowest BCUT2D eigenvalue weighted by Gasteiger charge is -2.08. The Morgan fingerprint density at radius 2 is 2.28 bits per heavy atom. The monoisotopic (exact) mass is 283 g/mol. The first-order valence-corrected chi connectivity index (χ1v) is 7.28. The molecule has 1 N–H and O–H groups in total. The lowest BCUT2D eigenvalue weighted by molar-refractivity contribution is -0.131. The number of anilines is 1. The maximum Gasteiger partial charge on any atom is 0.239 e. The van der Waals surface area contributed by atoms with Gasteiger partial charge in [0.25, 0.3) is 0 Å². The largest absolute Gasteiger partial charge is 0.300 e. The summed E-state index contributed by atoms with van der Waals surface area (Å²) in [5.74, 6) is 0.414. The molecular weight excluding hydrogens is 270 g/mol. The number of nitrogens with zero attached hydrogens (tertiary/aromatic N) is 2. The van der Waals surface area contributed by atoms with Crippen LogP contribution in [0.3, 0.4) is 0 Å². The summed E-state index contributed by atoms with van der Waals surface area (Å²) in [6.45, 7) is 5.08. The van der Waals surface area contributed by atoms with Crippen molar-refractivity contribution in [1.82, 2.24) is 10.2 Å². The van der Waals surface area contributed by atoms with Gasteiger partial charge in [0.15, 0.2) is 4.34 Å². The molecule has 1 aromatic heterocycles. The van der Waals surface area contributed by atoms with E-state index in [1.807, 2.05) is 0 Å². The maximum absolute atomic E-state index is 11.9. The SMILES string of the molecule is C=CCSc1nnc(NC(=O)C2(C(C)=O)CC2)s1. The standard InChI is InChI=1S/C11H13N3O2S2/c1-3-6-17-10-14-13-9(18-10)12-8(16)11(4-5-11)7(2)15/h3H,1,4-6H2,2H3,(H,12,13,16). The Labute approximate surface area is 113 Å². The highest BCUT2D eigenvalue weighted by Gasteiger charge is 2.54. The fourth-order valence-corrected chi connectivity index (χ4v) is 3.04. The number of ketones is 1. The molecule has 0 saturated heterocycles. The van der Waals surface area contributed by atoms with Crippen LogP contribution in [-0.2, 0) is 9.59 Å². The smallest absolute Gasteiger partial charge is 0.239 e. The van der Waals surface area contributed by atoms with E-state index in [0.717, 1.165) is 10.1 Å². The van der Waals surface area contributed by atoms with Crippen LogP contribution in [0, 0.1) is 5.41 Å². The van der Waals surface area contributed by atoms with Crippen LogP contribution in [0.15, 0.2) is 17.0 Å². The Morgan fingerprint density at radius 1 is 1.56 bits per heavy atom. The average molecular weight is 283 g/mol. The molecule has 0 spiro atoms. The van der Waals surface area contributed by atoms with E-state index in [2.05, 4.69) is 22.1 Å². The van der Waals surface area contributed by atoms with Gasteiger partial charge in [-0.3, -0.25) is 14.9 Å². The summed E-state index contributed by atoms with van der Waals surface area (Å²) in [7, 11) is 0. The van der Waals surface area contributed by atoms with Gasteiger partial charge in [0, 0.05) is 5.75 Å². The van der Waals surface area contributed by atoms with Crippen molar-refractivity contribution in [1.29, 1.82) is 0 Å². The Kier molecular flexibility index (Phi) is 3.82. The van der Waals surface area contributed by atoms with Gasteiger partial charge in [-0.1, -0.05) is 29.2 Å². The molecule has 0 bridgehead atoms. The lowest BCUT2D eigenvalue weighted by atomic mass is 10.0. The molecule has 1 aromatic rings. The van der Waals surface area contributed by atoms with Gasteiger partial charge in [-0.05, 0) is 19.8 Å². The summed E-state index contributed by atoms with van der Waals surface area (Å²) < 4.78 is 0.776. The quantitative estimate of drug-likeness (QED) is 0.375. The Morgan fingerprint density at radius 3 is 2.83 bits per heavy atom. The van der Waals surface area contributed by atoms with Crippen LogP contribution in [-0.4, -0.2) is 27.6 Å². The molecule has 7 heteroatoms. The van der Waals surface area contributed by atoms with Gasteiger partial charge in [0.1, 0.15) is 11.2 Å². The van der Waals surface area contributed by atoms with Crippen molar-refractivity contribution in [3.63, 3.8) is 0 Å². The van der Waals surface area contributed by atoms with Crippen molar-refractivity contribution >= 4 is 39.9 Å². The Bertz CT molecular complexity index is 494. The molecule has 0 radical (unpaired) electrons. The van der Waals surface area contributed by atoms with E-state index in [1.54, 1.807) is 6.08 Å². The second kappa shape index (κ2) is 5.19. The molecule has 1 amide bonds. The number of thioether (sulfide) groups is 1. The van der Waals surface area contributed by atoms with Gasteiger partial charge in [-0.25, -0.2) is 0 Å². The zero-order chi connectivity index (χ0) is 13.2. The fourth-order valence-electron chi connectivity index (χ4n) is 1.53. The van der Waals surface area contributed by atoms with Crippen molar-refractivity contribution in [2.24, 2.45) is 5.41 Å². The van der Waals surface area contributed by atoms with E-state index in [-0.39, 0.29) is 11.7 Å². The Hall–Kier alpha value is -1.21. The molecule has 0 unspecified atom stereocenters. The molecule has 1 fully saturated rings. The highest BCUT2D eigenvalue weighted by atomic mass is 32.2. The molecule has 2 rings (SSSR count). The van der Waals surface area contributed by atoms with Gasteiger partial charge in [0.2, 0.25) is 11.0 Å². The third kappa shape index (κ3) is 2.62. The fraction of sp³-hybridized carbons (Fsp3) is 0.455. The van der Waals surface area contributed by atoms with Crippen LogP contribution in [0.2, 0.25) is 0 Å². The van der Waals surface area contributed by atoms with E-state index < -0.39 is 5.41 Å². The van der Waals surface area contributed by atoms with Crippen molar-refractivity contribution in [3.05, 3.63) is 12.7 Å². The van der Waals surface area contributed by atoms with E-state index >= 15 is 0 Å². The highest BCUT2D eigenvalue weighted by Crippen LogP contribution is 2.47. The summed E-state index contributed by atoms with van der Waals surface area (Å²) in [6, 6.07) is 0. The minimum atomic E-state index is -0.805.